The van der Waals surface area contributed by atoms with Crippen LogP contribution in [-0.4, -0.2) is 12.2 Å². The van der Waals surface area contributed by atoms with Gasteiger partial charge in [0.2, 0.25) is 0 Å². The SMILES string of the molecule is COc1ccc(F)cc1C(C)(C)O. The first-order valence-electron chi connectivity index (χ1n) is 4.01. The molecule has 0 spiro atoms. The van der Waals surface area contributed by atoms with Gasteiger partial charge in [0, 0.05) is 5.56 Å². The van der Waals surface area contributed by atoms with Gasteiger partial charge in [-0.05, 0) is 32.0 Å². The van der Waals surface area contributed by atoms with Crippen LogP contribution in [0.5, 0.6) is 5.75 Å². The molecule has 0 unspecified atom stereocenters. The Labute approximate surface area is 77.0 Å². The zero-order chi connectivity index (χ0) is 10.1. The Bertz CT molecular complexity index is 302. The molecule has 0 atom stereocenters. The molecule has 2 nitrogen and oxygen atoms in total. The van der Waals surface area contributed by atoms with Crippen molar-refractivity contribution in [3.63, 3.8) is 0 Å². The van der Waals surface area contributed by atoms with Gasteiger partial charge in [-0.2, -0.15) is 0 Å². The van der Waals surface area contributed by atoms with E-state index in [9.17, 15) is 9.50 Å². The standard InChI is InChI=1S/C10H13FO2/c1-10(2,12)8-6-7(11)4-5-9(8)13-3/h4-6,12H,1-3H3. The van der Waals surface area contributed by atoms with Gasteiger partial charge in [0.25, 0.3) is 0 Å². The Morgan fingerprint density at radius 3 is 2.46 bits per heavy atom. The molecule has 1 aromatic rings. The van der Waals surface area contributed by atoms with E-state index in [0.29, 0.717) is 11.3 Å². The van der Waals surface area contributed by atoms with E-state index in [0.717, 1.165) is 0 Å². The Morgan fingerprint density at radius 1 is 1.38 bits per heavy atom. The minimum Gasteiger partial charge on any atom is -0.496 e. The normalized spacial score (nSPS) is 11.5. The van der Waals surface area contributed by atoms with Crippen LogP contribution in [0.1, 0.15) is 19.4 Å². The number of aliphatic hydroxyl groups is 1. The number of ether oxygens (including phenoxy) is 1. The second-order valence-corrected chi connectivity index (χ2v) is 3.40. The fourth-order valence-corrected chi connectivity index (χ4v) is 1.16. The summed E-state index contributed by atoms with van der Waals surface area (Å²) in [4.78, 5) is 0. The highest BCUT2D eigenvalue weighted by molar-refractivity contribution is 5.37. The van der Waals surface area contributed by atoms with E-state index < -0.39 is 5.60 Å². The van der Waals surface area contributed by atoms with Crippen LogP contribution in [0.25, 0.3) is 0 Å². The molecule has 0 fully saturated rings. The van der Waals surface area contributed by atoms with Crippen molar-refractivity contribution >= 4 is 0 Å². The van der Waals surface area contributed by atoms with Crippen molar-refractivity contribution in [2.24, 2.45) is 0 Å². The summed E-state index contributed by atoms with van der Waals surface area (Å²) in [5, 5.41) is 9.68. The molecule has 72 valence electrons. The average Bonchev–Trinajstić information content (AvgIpc) is 2.03. The number of benzene rings is 1. The highest BCUT2D eigenvalue weighted by Crippen LogP contribution is 2.29. The first kappa shape index (κ1) is 9.99. The summed E-state index contributed by atoms with van der Waals surface area (Å²) in [6.45, 7) is 3.18. The third-order valence-corrected chi connectivity index (χ3v) is 1.82. The Morgan fingerprint density at radius 2 is 2.00 bits per heavy atom. The monoisotopic (exact) mass is 184 g/mol. The van der Waals surface area contributed by atoms with E-state index in [2.05, 4.69) is 0 Å². The summed E-state index contributed by atoms with van der Waals surface area (Å²) >= 11 is 0. The number of hydrogen-bond acceptors (Lipinski definition) is 2. The first-order valence-corrected chi connectivity index (χ1v) is 4.01. The lowest BCUT2D eigenvalue weighted by Gasteiger charge is -2.20. The molecule has 0 saturated carbocycles. The molecule has 1 aromatic carbocycles. The highest BCUT2D eigenvalue weighted by atomic mass is 19.1. The van der Waals surface area contributed by atoms with Gasteiger partial charge in [-0.15, -0.1) is 0 Å². The van der Waals surface area contributed by atoms with Gasteiger partial charge in [-0.3, -0.25) is 0 Å². The van der Waals surface area contributed by atoms with Crippen molar-refractivity contribution < 1.29 is 14.2 Å². The minimum absolute atomic E-state index is 0.377. The molecule has 1 rings (SSSR count). The van der Waals surface area contributed by atoms with Crippen LogP contribution < -0.4 is 4.74 Å². The minimum atomic E-state index is -1.09. The van der Waals surface area contributed by atoms with Crippen molar-refractivity contribution in [1.82, 2.24) is 0 Å². The molecule has 0 aliphatic rings. The van der Waals surface area contributed by atoms with Gasteiger partial charge in [0.05, 0.1) is 12.7 Å². The van der Waals surface area contributed by atoms with E-state index in [4.69, 9.17) is 4.74 Å². The van der Waals surface area contributed by atoms with Crippen molar-refractivity contribution in [1.29, 1.82) is 0 Å². The van der Waals surface area contributed by atoms with Gasteiger partial charge >= 0.3 is 0 Å². The van der Waals surface area contributed by atoms with Gasteiger partial charge in [-0.1, -0.05) is 0 Å². The highest BCUT2D eigenvalue weighted by Gasteiger charge is 2.21. The molecule has 13 heavy (non-hydrogen) atoms. The number of methoxy groups -OCH3 is 1. The summed E-state index contributed by atoms with van der Waals surface area (Å²) in [7, 11) is 1.49. The average molecular weight is 184 g/mol. The van der Waals surface area contributed by atoms with Crippen LogP contribution in [0.15, 0.2) is 18.2 Å². The Hall–Kier alpha value is -1.09. The predicted molar refractivity (Wildman–Crippen MR) is 48.2 cm³/mol. The van der Waals surface area contributed by atoms with Gasteiger partial charge in [0.15, 0.2) is 0 Å². The van der Waals surface area contributed by atoms with Crippen LogP contribution in [-0.2, 0) is 5.60 Å². The molecule has 0 heterocycles. The van der Waals surface area contributed by atoms with E-state index in [-0.39, 0.29) is 5.82 Å². The Balaban J connectivity index is 3.24. The number of hydrogen-bond donors (Lipinski definition) is 1. The molecule has 0 aromatic heterocycles. The maximum atomic E-state index is 12.8. The maximum Gasteiger partial charge on any atom is 0.125 e. The van der Waals surface area contributed by atoms with Crippen molar-refractivity contribution in [2.45, 2.75) is 19.4 Å². The molecular formula is C10H13FO2. The lowest BCUT2D eigenvalue weighted by molar-refractivity contribution is 0.0752. The largest absolute Gasteiger partial charge is 0.496 e. The van der Waals surface area contributed by atoms with Crippen molar-refractivity contribution in [3.05, 3.63) is 29.6 Å². The molecule has 0 aliphatic carbocycles. The summed E-state index contributed by atoms with van der Waals surface area (Å²) in [5.41, 5.74) is -0.636. The lowest BCUT2D eigenvalue weighted by atomic mass is 9.97. The molecule has 1 N–H and O–H groups in total. The topological polar surface area (TPSA) is 29.5 Å². The molecule has 0 radical (unpaired) electrons. The van der Waals surface area contributed by atoms with Crippen molar-refractivity contribution in [3.8, 4) is 5.75 Å². The van der Waals surface area contributed by atoms with E-state index in [1.807, 2.05) is 0 Å². The molecular weight excluding hydrogens is 171 g/mol. The zero-order valence-corrected chi connectivity index (χ0v) is 7.97. The van der Waals surface area contributed by atoms with Gasteiger partial charge < -0.3 is 9.84 Å². The van der Waals surface area contributed by atoms with E-state index in [1.54, 1.807) is 13.8 Å². The predicted octanol–water partition coefficient (Wildman–Crippen LogP) is 2.06. The third-order valence-electron chi connectivity index (χ3n) is 1.82. The van der Waals surface area contributed by atoms with Gasteiger partial charge in [-0.25, -0.2) is 4.39 Å². The molecule has 3 heteroatoms. The number of rotatable bonds is 2. The Kier molecular flexibility index (Phi) is 2.57. The second kappa shape index (κ2) is 3.34. The van der Waals surface area contributed by atoms with Crippen LogP contribution in [0.4, 0.5) is 4.39 Å². The van der Waals surface area contributed by atoms with Crippen LogP contribution in [0.3, 0.4) is 0 Å². The molecule has 0 bridgehead atoms. The first-order chi connectivity index (χ1) is 5.95. The smallest absolute Gasteiger partial charge is 0.125 e. The van der Waals surface area contributed by atoms with Gasteiger partial charge in [0.1, 0.15) is 11.6 Å². The van der Waals surface area contributed by atoms with Crippen LogP contribution in [0, 0.1) is 5.82 Å². The summed E-state index contributed by atoms with van der Waals surface area (Å²) in [6.07, 6.45) is 0. The van der Waals surface area contributed by atoms with Crippen LogP contribution >= 0.6 is 0 Å². The fourth-order valence-electron chi connectivity index (χ4n) is 1.16. The fraction of sp³-hybridized carbons (Fsp3) is 0.400. The van der Waals surface area contributed by atoms with E-state index >= 15 is 0 Å². The third kappa shape index (κ3) is 2.18. The zero-order valence-electron chi connectivity index (χ0n) is 7.97. The van der Waals surface area contributed by atoms with E-state index in [1.165, 1.54) is 25.3 Å². The second-order valence-electron chi connectivity index (χ2n) is 3.40. The van der Waals surface area contributed by atoms with Crippen LogP contribution in [0.2, 0.25) is 0 Å². The summed E-state index contributed by atoms with van der Waals surface area (Å²) in [6, 6.07) is 4.08. The molecule has 0 aliphatic heterocycles. The summed E-state index contributed by atoms with van der Waals surface area (Å²) < 4.78 is 17.8. The molecule has 0 amide bonds. The van der Waals surface area contributed by atoms with Crippen molar-refractivity contribution in [2.75, 3.05) is 7.11 Å². The number of halogens is 1. The maximum absolute atomic E-state index is 12.8. The molecule has 0 saturated heterocycles. The lowest BCUT2D eigenvalue weighted by Crippen LogP contribution is -2.17. The quantitative estimate of drug-likeness (QED) is 0.762. The summed E-state index contributed by atoms with van der Waals surface area (Å²) in [5.74, 6) is 0.117.